The predicted octanol–water partition coefficient (Wildman–Crippen LogP) is 3.00. The molecule has 2 rings (SSSR count). The van der Waals surface area contributed by atoms with Crippen LogP contribution in [0.4, 0.5) is 0 Å². The van der Waals surface area contributed by atoms with Gasteiger partial charge in [0.05, 0.1) is 12.6 Å². The van der Waals surface area contributed by atoms with Crippen LogP contribution in [0, 0.1) is 0 Å². The lowest BCUT2D eigenvalue weighted by Gasteiger charge is -2.03. The normalized spacial score (nSPS) is 10.8. The van der Waals surface area contributed by atoms with Crippen LogP contribution in [0.3, 0.4) is 0 Å². The topological polar surface area (TPSA) is 44.1 Å². The van der Waals surface area contributed by atoms with Crippen molar-refractivity contribution in [3.63, 3.8) is 0 Å². The van der Waals surface area contributed by atoms with Gasteiger partial charge in [-0.15, -0.1) is 0 Å². The SMILES string of the molecule is CCCn1nc2ccc(Br)cc2c1C(=O)OC. The first-order chi connectivity index (χ1) is 8.17. The highest BCUT2D eigenvalue weighted by atomic mass is 79.9. The average molecular weight is 297 g/mol. The van der Waals surface area contributed by atoms with Crippen molar-refractivity contribution >= 4 is 32.8 Å². The molecule has 0 aliphatic rings. The number of rotatable bonds is 3. The summed E-state index contributed by atoms with van der Waals surface area (Å²) < 4.78 is 7.45. The van der Waals surface area contributed by atoms with Gasteiger partial charge in [-0.2, -0.15) is 5.10 Å². The number of aryl methyl sites for hydroxylation is 1. The Labute approximate surface area is 108 Å². The average Bonchev–Trinajstić information content (AvgIpc) is 2.66. The second kappa shape index (κ2) is 4.87. The molecule has 0 amide bonds. The summed E-state index contributed by atoms with van der Waals surface area (Å²) in [6, 6.07) is 5.69. The van der Waals surface area contributed by atoms with Gasteiger partial charge in [-0.1, -0.05) is 22.9 Å². The molecule has 0 atom stereocenters. The number of carbonyl (C=O) groups is 1. The van der Waals surface area contributed by atoms with Crippen LogP contribution >= 0.6 is 15.9 Å². The molecule has 0 bridgehead atoms. The number of benzene rings is 1. The Morgan fingerprint density at radius 2 is 2.29 bits per heavy atom. The van der Waals surface area contributed by atoms with Gasteiger partial charge in [-0.25, -0.2) is 4.79 Å². The molecule has 4 nitrogen and oxygen atoms in total. The Kier molecular flexibility index (Phi) is 3.47. The fourth-order valence-corrected chi connectivity index (χ4v) is 2.15. The summed E-state index contributed by atoms with van der Waals surface area (Å²) in [6.07, 6.45) is 0.916. The molecule has 0 saturated carbocycles. The Hall–Kier alpha value is -1.36. The summed E-state index contributed by atoms with van der Waals surface area (Å²) in [7, 11) is 1.38. The molecule has 0 saturated heterocycles. The van der Waals surface area contributed by atoms with Gasteiger partial charge in [0.25, 0.3) is 0 Å². The monoisotopic (exact) mass is 296 g/mol. The molecule has 0 radical (unpaired) electrons. The highest BCUT2D eigenvalue weighted by molar-refractivity contribution is 9.10. The van der Waals surface area contributed by atoms with Crippen molar-refractivity contribution < 1.29 is 9.53 Å². The molecule has 0 N–H and O–H groups in total. The molecule has 0 unspecified atom stereocenters. The molecule has 0 aliphatic heterocycles. The molecule has 1 aromatic heterocycles. The minimum Gasteiger partial charge on any atom is -0.464 e. The Morgan fingerprint density at radius 1 is 1.53 bits per heavy atom. The maximum absolute atomic E-state index is 11.8. The highest BCUT2D eigenvalue weighted by Crippen LogP contribution is 2.23. The van der Waals surface area contributed by atoms with Gasteiger partial charge in [0.2, 0.25) is 0 Å². The van der Waals surface area contributed by atoms with Gasteiger partial charge in [-0.05, 0) is 24.6 Å². The Balaban J connectivity index is 2.68. The first kappa shape index (κ1) is 12.1. The van der Waals surface area contributed by atoms with E-state index in [2.05, 4.69) is 21.0 Å². The van der Waals surface area contributed by atoms with E-state index in [0.717, 1.165) is 21.8 Å². The summed E-state index contributed by atoms with van der Waals surface area (Å²) >= 11 is 3.40. The highest BCUT2D eigenvalue weighted by Gasteiger charge is 2.18. The summed E-state index contributed by atoms with van der Waals surface area (Å²) in [6.45, 7) is 2.75. The number of fused-ring (bicyclic) bond motifs is 1. The Bertz CT molecular complexity index is 563. The lowest BCUT2D eigenvalue weighted by molar-refractivity contribution is 0.0588. The molecular formula is C12H13BrN2O2. The fourth-order valence-electron chi connectivity index (χ4n) is 1.79. The van der Waals surface area contributed by atoms with Crippen LogP contribution < -0.4 is 0 Å². The minimum absolute atomic E-state index is 0.348. The maximum atomic E-state index is 11.8. The van der Waals surface area contributed by atoms with Crippen molar-refractivity contribution in [3.05, 3.63) is 28.4 Å². The zero-order valence-electron chi connectivity index (χ0n) is 9.74. The number of carbonyl (C=O) groups excluding carboxylic acids is 1. The zero-order chi connectivity index (χ0) is 12.4. The molecule has 0 spiro atoms. The smallest absolute Gasteiger partial charge is 0.356 e. The number of methoxy groups -OCH3 is 1. The molecule has 1 heterocycles. The van der Waals surface area contributed by atoms with Crippen molar-refractivity contribution in [2.24, 2.45) is 0 Å². The maximum Gasteiger partial charge on any atom is 0.356 e. The number of halogens is 1. The minimum atomic E-state index is -0.348. The Morgan fingerprint density at radius 3 is 2.94 bits per heavy atom. The van der Waals surface area contributed by atoms with Crippen LogP contribution in [0.15, 0.2) is 22.7 Å². The molecule has 90 valence electrons. The second-order valence-corrected chi connectivity index (χ2v) is 4.64. The van der Waals surface area contributed by atoms with E-state index in [1.165, 1.54) is 7.11 Å². The third-order valence-corrected chi connectivity index (χ3v) is 3.01. The number of ether oxygens (including phenoxy) is 1. The van der Waals surface area contributed by atoms with Crippen LogP contribution in [0.25, 0.3) is 10.9 Å². The van der Waals surface area contributed by atoms with Crippen LogP contribution in [-0.2, 0) is 11.3 Å². The number of aromatic nitrogens is 2. The largest absolute Gasteiger partial charge is 0.464 e. The number of esters is 1. The number of hydrogen-bond acceptors (Lipinski definition) is 3. The number of hydrogen-bond donors (Lipinski definition) is 0. The summed E-state index contributed by atoms with van der Waals surface area (Å²) in [5.41, 5.74) is 1.33. The van der Waals surface area contributed by atoms with Crippen molar-refractivity contribution in [3.8, 4) is 0 Å². The van der Waals surface area contributed by atoms with Crippen LogP contribution in [0.1, 0.15) is 23.8 Å². The first-order valence-corrected chi connectivity index (χ1v) is 6.21. The van der Waals surface area contributed by atoms with E-state index in [1.54, 1.807) is 4.68 Å². The third-order valence-electron chi connectivity index (χ3n) is 2.51. The van der Waals surface area contributed by atoms with Crippen molar-refractivity contribution in [2.45, 2.75) is 19.9 Å². The number of nitrogens with zero attached hydrogens (tertiary/aromatic N) is 2. The molecule has 1 aromatic carbocycles. The molecule has 5 heteroatoms. The molecular weight excluding hydrogens is 284 g/mol. The van der Waals surface area contributed by atoms with Crippen LogP contribution in [-0.4, -0.2) is 22.9 Å². The van der Waals surface area contributed by atoms with E-state index >= 15 is 0 Å². The van der Waals surface area contributed by atoms with E-state index in [0.29, 0.717) is 12.2 Å². The fraction of sp³-hybridized carbons (Fsp3) is 0.333. The molecule has 17 heavy (non-hydrogen) atoms. The van der Waals surface area contributed by atoms with E-state index in [4.69, 9.17) is 4.74 Å². The van der Waals surface area contributed by atoms with Crippen molar-refractivity contribution in [2.75, 3.05) is 7.11 Å². The molecule has 2 aromatic rings. The van der Waals surface area contributed by atoms with Gasteiger partial charge < -0.3 is 4.74 Å². The van der Waals surface area contributed by atoms with Gasteiger partial charge in [0.15, 0.2) is 5.69 Å². The molecule has 0 fully saturated rings. The van der Waals surface area contributed by atoms with E-state index < -0.39 is 0 Å². The van der Waals surface area contributed by atoms with Crippen LogP contribution in [0.5, 0.6) is 0 Å². The van der Waals surface area contributed by atoms with E-state index in [-0.39, 0.29) is 5.97 Å². The summed E-state index contributed by atoms with van der Waals surface area (Å²) in [4.78, 5) is 11.8. The quantitative estimate of drug-likeness (QED) is 0.818. The lowest BCUT2D eigenvalue weighted by atomic mass is 10.2. The van der Waals surface area contributed by atoms with Crippen molar-refractivity contribution in [1.29, 1.82) is 0 Å². The molecule has 0 aliphatic carbocycles. The van der Waals surface area contributed by atoms with Crippen molar-refractivity contribution in [1.82, 2.24) is 9.78 Å². The van der Waals surface area contributed by atoms with Crippen LogP contribution in [0.2, 0.25) is 0 Å². The zero-order valence-corrected chi connectivity index (χ0v) is 11.3. The van der Waals surface area contributed by atoms with E-state index in [1.807, 2.05) is 25.1 Å². The van der Waals surface area contributed by atoms with Gasteiger partial charge in [0, 0.05) is 16.4 Å². The summed E-state index contributed by atoms with van der Waals surface area (Å²) in [5.74, 6) is -0.348. The van der Waals surface area contributed by atoms with Gasteiger partial charge in [-0.3, -0.25) is 4.68 Å². The van der Waals surface area contributed by atoms with E-state index in [9.17, 15) is 4.79 Å². The lowest BCUT2D eigenvalue weighted by Crippen LogP contribution is -2.11. The first-order valence-electron chi connectivity index (χ1n) is 5.41. The standard InChI is InChI=1S/C12H13BrN2O2/c1-3-6-15-11(12(16)17-2)9-7-8(13)4-5-10(9)14-15/h4-5,7H,3,6H2,1-2H3. The predicted molar refractivity (Wildman–Crippen MR) is 69.1 cm³/mol. The van der Waals surface area contributed by atoms with Gasteiger partial charge in [0.1, 0.15) is 0 Å². The van der Waals surface area contributed by atoms with Gasteiger partial charge >= 0.3 is 5.97 Å². The third kappa shape index (κ3) is 2.20. The summed E-state index contributed by atoms with van der Waals surface area (Å²) in [5, 5.41) is 5.23. The second-order valence-electron chi connectivity index (χ2n) is 3.72.